The molecule has 2 heterocycles. The second kappa shape index (κ2) is 26.1. The van der Waals surface area contributed by atoms with Crippen LogP contribution < -0.4 is 0 Å². The van der Waals surface area contributed by atoms with Crippen LogP contribution in [0.4, 0.5) is 0 Å². The third-order valence-electron chi connectivity index (χ3n) is 11.9. The Bertz CT molecular complexity index is 2370. The van der Waals surface area contributed by atoms with Gasteiger partial charge in [0.15, 0.2) is 12.5 Å². The molecule has 0 amide bonds. The van der Waals surface area contributed by atoms with Gasteiger partial charge in [-0.2, -0.15) is 0 Å². The molecule has 2 fully saturated rings. The molecular weight excluding hydrogens is 863 g/mol. The van der Waals surface area contributed by atoms with Gasteiger partial charge < -0.3 is 47.4 Å². The summed E-state index contributed by atoms with van der Waals surface area (Å²) in [7, 11) is 1.61. The fourth-order valence-corrected chi connectivity index (χ4v) is 8.42. The number of rotatable bonds is 24. The van der Waals surface area contributed by atoms with Crippen LogP contribution in [0.2, 0.25) is 0 Å². The molecule has 0 unspecified atom stereocenters. The smallest absolute Gasteiger partial charge is 0.187 e. The van der Waals surface area contributed by atoms with Gasteiger partial charge in [-0.1, -0.05) is 187 Å². The summed E-state index contributed by atoms with van der Waals surface area (Å²) < 4.78 is 67.4. The maximum Gasteiger partial charge on any atom is 0.187 e. The number of hydrogen-bond acceptors (Lipinski definition) is 11. The maximum atomic E-state index is 9.94. The third-order valence-corrected chi connectivity index (χ3v) is 11.9. The Morgan fingerprint density at radius 3 is 1.13 bits per heavy atom. The standard InChI is InChI=1S/C55H59N3O10/c1-59-53-50(63-35-43-26-14-5-15-27-43)48(62-34-42-24-12-4-13-25-42)46(38-60-32-40-20-8-2-9-21-40)67-55(53)68-49-47(39-61-33-41-22-10-3-11-23-41)66-54(57-58-56)52(65-37-45-30-18-7-19-31-45)51(49)64-36-44-28-16-6-17-29-44/h2-31,46-55H,32-39H2,1H3/t46-,47-,48+,49+,50+,51+,52-,53-,54-,55-/m1/s1. The van der Waals surface area contributed by atoms with Crippen LogP contribution in [0, 0.1) is 0 Å². The van der Waals surface area contributed by atoms with E-state index in [2.05, 4.69) is 10.0 Å². The average Bonchev–Trinajstić information content (AvgIpc) is 3.39. The molecule has 354 valence electrons. The summed E-state index contributed by atoms with van der Waals surface area (Å²) in [5.41, 5.74) is 15.7. The minimum absolute atomic E-state index is 0.0400. The highest BCUT2D eigenvalue weighted by Crippen LogP contribution is 2.36. The number of ether oxygens (including phenoxy) is 10. The Morgan fingerprint density at radius 1 is 0.412 bits per heavy atom. The van der Waals surface area contributed by atoms with Gasteiger partial charge in [0.05, 0.1) is 52.9 Å². The van der Waals surface area contributed by atoms with Crippen molar-refractivity contribution in [2.24, 2.45) is 5.11 Å². The molecule has 13 heteroatoms. The van der Waals surface area contributed by atoms with Crippen LogP contribution in [0.5, 0.6) is 0 Å². The first kappa shape index (κ1) is 48.7. The predicted molar refractivity (Wildman–Crippen MR) is 254 cm³/mol. The molecule has 13 nitrogen and oxygen atoms in total. The SMILES string of the molecule is CO[C@H]1[C@@H](O[C@@H]2[C@H](OCc3ccccc3)[C@@H](OCc3ccccc3)[C@H](N=[N+]=[N-])O[C@@H]2COCc2ccccc2)O[C@H](COCc2ccccc2)[C@H](OCc2ccccc2)[C@@H]1OCc1ccccc1. The topological polar surface area (TPSA) is 141 Å². The first-order valence-electron chi connectivity index (χ1n) is 23.0. The zero-order chi connectivity index (χ0) is 46.6. The van der Waals surface area contributed by atoms with Gasteiger partial charge in [0.1, 0.15) is 48.8 Å². The van der Waals surface area contributed by atoms with E-state index >= 15 is 0 Å². The Morgan fingerprint density at radius 2 is 0.750 bits per heavy atom. The molecule has 0 bridgehead atoms. The van der Waals surface area contributed by atoms with E-state index in [1.165, 1.54) is 0 Å². The zero-order valence-corrected chi connectivity index (χ0v) is 38.2. The highest BCUT2D eigenvalue weighted by atomic mass is 16.7. The summed E-state index contributed by atoms with van der Waals surface area (Å²) in [5.74, 6) is 0. The Kier molecular flexibility index (Phi) is 18.7. The van der Waals surface area contributed by atoms with Gasteiger partial charge in [-0.05, 0) is 38.9 Å². The molecule has 2 aliphatic heterocycles. The lowest BCUT2D eigenvalue weighted by Gasteiger charge is -2.49. The lowest BCUT2D eigenvalue weighted by atomic mass is 9.95. The number of hydrogen-bond donors (Lipinski definition) is 0. The number of benzene rings is 6. The normalized spacial score (nSPS) is 24.8. The lowest BCUT2D eigenvalue weighted by Crippen LogP contribution is -2.66. The molecule has 6 aromatic rings. The molecule has 10 atom stereocenters. The molecule has 0 aliphatic carbocycles. The van der Waals surface area contributed by atoms with Crippen molar-refractivity contribution in [2.45, 2.75) is 101 Å². The van der Waals surface area contributed by atoms with Crippen molar-refractivity contribution in [1.82, 2.24) is 0 Å². The quantitative estimate of drug-likeness (QED) is 0.0327. The Hall–Kier alpha value is -5.77. The highest BCUT2D eigenvalue weighted by molar-refractivity contribution is 5.18. The van der Waals surface area contributed by atoms with Crippen molar-refractivity contribution < 1.29 is 47.4 Å². The fourth-order valence-electron chi connectivity index (χ4n) is 8.42. The number of azide groups is 1. The summed E-state index contributed by atoms with van der Waals surface area (Å²) in [6.45, 7) is 1.71. The number of nitrogens with zero attached hydrogens (tertiary/aromatic N) is 3. The average molecular weight is 922 g/mol. The van der Waals surface area contributed by atoms with Gasteiger partial charge in [0.25, 0.3) is 0 Å². The van der Waals surface area contributed by atoms with Gasteiger partial charge in [-0.3, -0.25) is 0 Å². The second-order valence-electron chi connectivity index (χ2n) is 16.7. The van der Waals surface area contributed by atoms with Gasteiger partial charge in [-0.25, -0.2) is 0 Å². The van der Waals surface area contributed by atoms with Crippen molar-refractivity contribution in [1.29, 1.82) is 0 Å². The molecule has 68 heavy (non-hydrogen) atoms. The van der Waals surface area contributed by atoms with E-state index < -0.39 is 61.3 Å². The van der Waals surface area contributed by atoms with Gasteiger partial charge >= 0.3 is 0 Å². The van der Waals surface area contributed by atoms with E-state index in [4.69, 9.17) is 47.4 Å². The molecule has 0 spiro atoms. The molecule has 0 N–H and O–H groups in total. The molecule has 0 radical (unpaired) electrons. The Balaban J connectivity index is 1.15. The van der Waals surface area contributed by atoms with E-state index in [-0.39, 0.29) is 39.6 Å². The van der Waals surface area contributed by atoms with Crippen molar-refractivity contribution >= 4 is 0 Å². The summed E-state index contributed by atoms with van der Waals surface area (Å²) in [6, 6.07) is 59.3. The minimum Gasteiger partial charge on any atom is -0.374 e. The molecule has 6 aromatic carbocycles. The van der Waals surface area contributed by atoms with Crippen molar-refractivity contribution in [2.75, 3.05) is 20.3 Å². The van der Waals surface area contributed by atoms with Gasteiger partial charge in [0, 0.05) is 12.0 Å². The van der Waals surface area contributed by atoms with E-state index in [1.807, 2.05) is 182 Å². The monoisotopic (exact) mass is 921 g/mol. The third kappa shape index (κ3) is 13.9. The molecule has 0 saturated carbocycles. The van der Waals surface area contributed by atoms with Crippen LogP contribution >= 0.6 is 0 Å². The summed E-state index contributed by atoms with van der Waals surface area (Å²) in [5, 5.41) is 4.14. The van der Waals surface area contributed by atoms with E-state index in [0.29, 0.717) is 13.2 Å². The summed E-state index contributed by atoms with van der Waals surface area (Å²) >= 11 is 0. The molecule has 2 aliphatic rings. The molecule has 0 aromatic heterocycles. The first-order chi connectivity index (χ1) is 33.6. The molecule has 8 rings (SSSR count). The van der Waals surface area contributed by atoms with Gasteiger partial charge in [-0.15, -0.1) is 0 Å². The first-order valence-corrected chi connectivity index (χ1v) is 23.0. The van der Waals surface area contributed by atoms with Crippen LogP contribution in [0.3, 0.4) is 0 Å². The highest BCUT2D eigenvalue weighted by Gasteiger charge is 2.54. The second-order valence-corrected chi connectivity index (χ2v) is 16.7. The van der Waals surface area contributed by atoms with E-state index in [9.17, 15) is 5.53 Å². The number of methoxy groups -OCH3 is 1. The van der Waals surface area contributed by atoms with Crippen molar-refractivity contribution in [3.63, 3.8) is 0 Å². The van der Waals surface area contributed by atoms with Crippen LogP contribution in [-0.4, -0.2) is 81.7 Å². The van der Waals surface area contributed by atoms with Crippen LogP contribution in [0.25, 0.3) is 10.4 Å². The summed E-state index contributed by atoms with van der Waals surface area (Å²) in [6.07, 6.45) is -8.78. The van der Waals surface area contributed by atoms with Crippen LogP contribution in [-0.2, 0) is 87.0 Å². The van der Waals surface area contributed by atoms with Crippen molar-refractivity contribution in [3.8, 4) is 0 Å². The van der Waals surface area contributed by atoms with Crippen molar-refractivity contribution in [3.05, 3.63) is 226 Å². The van der Waals surface area contributed by atoms with Crippen LogP contribution in [0.1, 0.15) is 33.4 Å². The Labute approximate surface area is 398 Å². The maximum absolute atomic E-state index is 9.94. The molecule has 2 saturated heterocycles. The van der Waals surface area contributed by atoms with Gasteiger partial charge in [0.2, 0.25) is 0 Å². The largest absolute Gasteiger partial charge is 0.374 e. The minimum atomic E-state index is -1.11. The van der Waals surface area contributed by atoms with E-state index in [0.717, 1.165) is 33.4 Å². The zero-order valence-electron chi connectivity index (χ0n) is 38.2. The van der Waals surface area contributed by atoms with E-state index in [1.54, 1.807) is 7.11 Å². The lowest BCUT2D eigenvalue weighted by molar-refractivity contribution is -0.359. The molecular formula is C55H59N3O10. The van der Waals surface area contributed by atoms with Crippen LogP contribution in [0.15, 0.2) is 187 Å². The predicted octanol–water partition coefficient (Wildman–Crippen LogP) is 9.92. The fraction of sp³-hybridized carbons (Fsp3) is 0.345. The summed E-state index contributed by atoms with van der Waals surface area (Å²) in [4.78, 5) is 3.20.